The van der Waals surface area contributed by atoms with Gasteiger partial charge in [0.25, 0.3) is 5.91 Å². The highest BCUT2D eigenvalue weighted by atomic mass is 16.5. The molecule has 2 heterocycles. The van der Waals surface area contributed by atoms with Crippen LogP contribution < -0.4 is 5.32 Å². The van der Waals surface area contributed by atoms with E-state index in [-0.39, 0.29) is 5.91 Å². The van der Waals surface area contributed by atoms with Gasteiger partial charge in [-0.3, -0.25) is 9.69 Å². The third kappa shape index (κ3) is 4.20. The number of carbonyl (C=O) groups excluding carboxylic acids is 1. The monoisotopic (exact) mass is 430 g/mol. The lowest BCUT2D eigenvalue weighted by Crippen LogP contribution is -2.36. The molecule has 2 aliphatic rings. The Morgan fingerprint density at radius 3 is 2.59 bits per heavy atom. The number of aromatic nitrogens is 2. The highest BCUT2D eigenvalue weighted by Gasteiger charge is 2.27. The molecule has 32 heavy (non-hydrogen) atoms. The number of amides is 1. The number of hydrogen-bond acceptors (Lipinski definition) is 4. The number of fused-ring (bicyclic) bond motifs is 1. The van der Waals surface area contributed by atoms with Gasteiger partial charge in [-0.15, -0.1) is 0 Å². The highest BCUT2D eigenvalue weighted by molar-refractivity contribution is 5.94. The molecular weight excluding hydrogens is 400 g/mol. The van der Waals surface area contributed by atoms with Gasteiger partial charge in [0, 0.05) is 37.4 Å². The minimum Gasteiger partial charge on any atom is -0.379 e. The Kier molecular flexibility index (Phi) is 6.06. The molecule has 0 saturated carbocycles. The number of aryl methyl sites for hydroxylation is 1. The Hall–Kier alpha value is -2.96. The fraction of sp³-hybridized carbons (Fsp3) is 0.385. The molecule has 3 aromatic rings. The number of para-hydroxylation sites is 1. The lowest BCUT2D eigenvalue weighted by Gasteiger charge is -2.27. The number of benzene rings is 2. The Bertz CT molecular complexity index is 1110. The summed E-state index contributed by atoms with van der Waals surface area (Å²) in [4.78, 5) is 15.6. The smallest absolute Gasteiger partial charge is 0.272 e. The SMILES string of the molecule is Cc1ccccc1-n1nc(C(=O)NCc2ccccc2CN2CCOCC2)c2c1CCC2. The van der Waals surface area contributed by atoms with E-state index in [4.69, 9.17) is 9.84 Å². The molecule has 1 N–H and O–H groups in total. The van der Waals surface area contributed by atoms with Crippen molar-refractivity contribution in [2.24, 2.45) is 0 Å². The zero-order valence-electron chi connectivity index (χ0n) is 18.6. The highest BCUT2D eigenvalue weighted by Crippen LogP contribution is 2.29. The predicted molar refractivity (Wildman–Crippen MR) is 124 cm³/mol. The molecule has 1 amide bonds. The first-order valence-electron chi connectivity index (χ1n) is 11.5. The van der Waals surface area contributed by atoms with Gasteiger partial charge in [-0.25, -0.2) is 4.68 Å². The zero-order chi connectivity index (χ0) is 21.9. The van der Waals surface area contributed by atoms with E-state index in [9.17, 15) is 4.79 Å². The second kappa shape index (κ2) is 9.27. The van der Waals surface area contributed by atoms with Crippen LogP contribution in [0.3, 0.4) is 0 Å². The van der Waals surface area contributed by atoms with Crippen LogP contribution in [0.25, 0.3) is 5.69 Å². The lowest BCUT2D eigenvalue weighted by atomic mass is 10.1. The largest absolute Gasteiger partial charge is 0.379 e. The summed E-state index contributed by atoms with van der Waals surface area (Å²) in [5.74, 6) is -0.0864. The standard InChI is InChI=1S/C26H30N4O2/c1-19-7-2-5-11-23(19)30-24-12-6-10-22(24)25(28-30)26(31)27-17-20-8-3-4-9-21(20)18-29-13-15-32-16-14-29/h2-5,7-9,11H,6,10,12-18H2,1H3,(H,27,31). The Balaban J connectivity index is 1.34. The molecule has 166 valence electrons. The summed E-state index contributed by atoms with van der Waals surface area (Å²) in [6, 6.07) is 16.6. The van der Waals surface area contributed by atoms with Crippen molar-refractivity contribution in [3.8, 4) is 5.69 Å². The number of ether oxygens (including phenoxy) is 1. The van der Waals surface area contributed by atoms with Crippen LogP contribution in [-0.2, 0) is 30.7 Å². The van der Waals surface area contributed by atoms with Gasteiger partial charge >= 0.3 is 0 Å². The van der Waals surface area contributed by atoms with E-state index < -0.39 is 0 Å². The van der Waals surface area contributed by atoms with Crippen LogP contribution >= 0.6 is 0 Å². The molecule has 1 aliphatic heterocycles. The van der Waals surface area contributed by atoms with Gasteiger partial charge in [0.1, 0.15) is 0 Å². The van der Waals surface area contributed by atoms with E-state index in [2.05, 4.69) is 47.5 Å². The van der Waals surface area contributed by atoms with Crippen LogP contribution in [0, 0.1) is 6.92 Å². The summed E-state index contributed by atoms with van der Waals surface area (Å²) in [6.07, 6.45) is 2.95. The van der Waals surface area contributed by atoms with Gasteiger partial charge in [-0.05, 0) is 48.9 Å². The van der Waals surface area contributed by atoms with Crippen LogP contribution in [0.5, 0.6) is 0 Å². The maximum absolute atomic E-state index is 13.2. The normalized spacial score (nSPS) is 16.2. The fourth-order valence-electron chi connectivity index (χ4n) is 4.76. The molecule has 0 atom stereocenters. The number of rotatable bonds is 6. The molecule has 0 spiro atoms. The summed E-state index contributed by atoms with van der Waals surface area (Å²) in [7, 11) is 0. The maximum atomic E-state index is 13.2. The molecule has 6 nitrogen and oxygen atoms in total. The Morgan fingerprint density at radius 1 is 1.03 bits per heavy atom. The maximum Gasteiger partial charge on any atom is 0.272 e. The Morgan fingerprint density at radius 2 is 1.78 bits per heavy atom. The fourth-order valence-corrected chi connectivity index (χ4v) is 4.76. The number of carbonyl (C=O) groups is 1. The van der Waals surface area contributed by atoms with E-state index in [1.54, 1.807) is 0 Å². The van der Waals surface area contributed by atoms with E-state index in [1.807, 2.05) is 22.9 Å². The second-order valence-corrected chi connectivity index (χ2v) is 8.67. The molecule has 6 heteroatoms. The van der Waals surface area contributed by atoms with Crippen molar-refractivity contribution in [1.82, 2.24) is 20.0 Å². The number of nitrogens with one attached hydrogen (secondary N) is 1. The molecule has 5 rings (SSSR count). The van der Waals surface area contributed by atoms with Crippen LogP contribution in [0.4, 0.5) is 0 Å². The molecule has 1 saturated heterocycles. The van der Waals surface area contributed by atoms with Crippen LogP contribution in [-0.4, -0.2) is 46.9 Å². The van der Waals surface area contributed by atoms with Crippen LogP contribution in [0.1, 0.15) is 44.9 Å². The summed E-state index contributed by atoms with van der Waals surface area (Å²) in [6.45, 7) is 6.94. The van der Waals surface area contributed by atoms with Gasteiger partial charge in [0.15, 0.2) is 5.69 Å². The molecule has 0 unspecified atom stereocenters. The van der Waals surface area contributed by atoms with Crippen molar-refractivity contribution >= 4 is 5.91 Å². The molecular formula is C26H30N4O2. The van der Waals surface area contributed by atoms with Crippen molar-refractivity contribution in [2.75, 3.05) is 26.3 Å². The van der Waals surface area contributed by atoms with E-state index in [1.165, 1.54) is 11.3 Å². The average molecular weight is 431 g/mol. The molecule has 1 fully saturated rings. The third-order valence-corrected chi connectivity index (χ3v) is 6.54. The topological polar surface area (TPSA) is 59.4 Å². The van der Waals surface area contributed by atoms with E-state index in [0.717, 1.165) is 74.5 Å². The number of nitrogens with zero attached hydrogens (tertiary/aromatic N) is 3. The first kappa shape index (κ1) is 20.9. The minimum absolute atomic E-state index is 0.0864. The average Bonchev–Trinajstić information content (AvgIpc) is 3.43. The van der Waals surface area contributed by atoms with Crippen LogP contribution in [0.2, 0.25) is 0 Å². The lowest BCUT2D eigenvalue weighted by molar-refractivity contribution is 0.0340. The minimum atomic E-state index is -0.0864. The molecule has 1 aromatic heterocycles. The number of hydrogen-bond donors (Lipinski definition) is 1. The quantitative estimate of drug-likeness (QED) is 0.651. The first-order chi connectivity index (χ1) is 15.7. The molecule has 0 radical (unpaired) electrons. The van der Waals surface area contributed by atoms with Gasteiger partial charge in [0.2, 0.25) is 0 Å². The third-order valence-electron chi connectivity index (χ3n) is 6.54. The van der Waals surface area contributed by atoms with Crippen molar-refractivity contribution in [1.29, 1.82) is 0 Å². The van der Waals surface area contributed by atoms with Crippen LogP contribution in [0.15, 0.2) is 48.5 Å². The first-order valence-corrected chi connectivity index (χ1v) is 11.5. The number of morpholine rings is 1. The van der Waals surface area contributed by atoms with Gasteiger partial charge in [-0.1, -0.05) is 42.5 Å². The van der Waals surface area contributed by atoms with Crippen molar-refractivity contribution in [2.45, 2.75) is 39.3 Å². The second-order valence-electron chi connectivity index (χ2n) is 8.67. The molecule has 2 aromatic carbocycles. The van der Waals surface area contributed by atoms with Gasteiger partial charge in [-0.2, -0.15) is 5.10 Å². The van der Waals surface area contributed by atoms with Crippen molar-refractivity contribution < 1.29 is 9.53 Å². The molecule has 0 bridgehead atoms. The summed E-state index contributed by atoms with van der Waals surface area (Å²) in [5.41, 5.74) is 7.48. The van der Waals surface area contributed by atoms with Crippen molar-refractivity contribution in [3.63, 3.8) is 0 Å². The molecule has 1 aliphatic carbocycles. The Labute approximate surface area is 189 Å². The summed E-state index contributed by atoms with van der Waals surface area (Å²) >= 11 is 0. The van der Waals surface area contributed by atoms with Crippen molar-refractivity contribution in [3.05, 3.63) is 82.2 Å². The van der Waals surface area contributed by atoms with E-state index in [0.29, 0.717) is 12.2 Å². The predicted octanol–water partition coefficient (Wildman–Crippen LogP) is 3.43. The summed E-state index contributed by atoms with van der Waals surface area (Å²) in [5, 5.41) is 7.92. The summed E-state index contributed by atoms with van der Waals surface area (Å²) < 4.78 is 7.45. The van der Waals surface area contributed by atoms with E-state index >= 15 is 0 Å². The zero-order valence-corrected chi connectivity index (χ0v) is 18.6. The van der Waals surface area contributed by atoms with Gasteiger partial charge < -0.3 is 10.1 Å². The van der Waals surface area contributed by atoms with Gasteiger partial charge in [0.05, 0.1) is 18.9 Å².